The van der Waals surface area contributed by atoms with Crippen LogP contribution in [0.1, 0.15) is 11.1 Å². The number of nitrogen functional groups attached to an aromatic ring is 1. The van der Waals surface area contributed by atoms with E-state index in [-0.39, 0.29) is 11.5 Å². The Morgan fingerprint density at radius 2 is 1.96 bits per heavy atom. The van der Waals surface area contributed by atoms with Gasteiger partial charge in [-0.2, -0.15) is 0 Å². The minimum Gasteiger partial charge on any atom is -0.382 e. The van der Waals surface area contributed by atoms with Crippen molar-refractivity contribution in [2.75, 3.05) is 5.73 Å². The average molecular weight is 396 g/mol. The van der Waals surface area contributed by atoms with Gasteiger partial charge in [0.2, 0.25) is 12.0 Å². The predicted molar refractivity (Wildman–Crippen MR) is 94.7 cm³/mol. The van der Waals surface area contributed by atoms with E-state index in [1.54, 1.807) is 18.5 Å². The van der Waals surface area contributed by atoms with Crippen molar-refractivity contribution in [3.8, 4) is 22.5 Å². The molecule has 0 aliphatic heterocycles. The molecule has 10 heteroatoms. The molecule has 3 aromatic rings. The van der Waals surface area contributed by atoms with Crippen LogP contribution >= 0.6 is 11.5 Å². The molecule has 0 aliphatic carbocycles. The quantitative estimate of drug-likeness (QED) is 0.613. The lowest BCUT2D eigenvalue weighted by atomic mass is 9.90. The Balaban J connectivity index is 2.15. The lowest BCUT2D eigenvalue weighted by Crippen LogP contribution is -2.43. The first-order valence-electron chi connectivity index (χ1n) is 7.71. The summed E-state index contributed by atoms with van der Waals surface area (Å²) >= 11 is 1.20. The number of hydrogen-bond donors (Lipinski definition) is 3. The van der Waals surface area contributed by atoms with Crippen LogP contribution < -0.4 is 5.73 Å². The van der Waals surface area contributed by atoms with Gasteiger partial charge in [0.15, 0.2) is 0 Å². The van der Waals surface area contributed by atoms with Crippen molar-refractivity contribution in [2.24, 2.45) is 0 Å². The zero-order valence-corrected chi connectivity index (χ0v) is 14.8. The Hall–Kier alpha value is -2.56. The highest BCUT2D eigenvalue weighted by atomic mass is 32.1. The third-order valence-electron chi connectivity index (χ3n) is 4.18. The van der Waals surface area contributed by atoms with E-state index in [1.807, 2.05) is 0 Å². The van der Waals surface area contributed by atoms with E-state index in [9.17, 15) is 18.3 Å². The van der Waals surface area contributed by atoms with Gasteiger partial charge in [-0.15, -0.1) is 0 Å². The van der Waals surface area contributed by atoms with Crippen molar-refractivity contribution in [3.05, 3.63) is 47.1 Å². The summed E-state index contributed by atoms with van der Waals surface area (Å²) in [6.45, 7) is 1.69. The second-order valence-electron chi connectivity index (χ2n) is 5.89. The number of halogens is 3. The van der Waals surface area contributed by atoms with Crippen LogP contribution in [0.3, 0.4) is 0 Å². The minimum absolute atomic E-state index is 0.163. The van der Waals surface area contributed by atoms with Gasteiger partial charge in [0.05, 0.1) is 18.1 Å². The van der Waals surface area contributed by atoms with E-state index in [4.69, 9.17) is 10.8 Å². The summed E-state index contributed by atoms with van der Waals surface area (Å²) < 4.78 is 43.9. The van der Waals surface area contributed by atoms with Crippen molar-refractivity contribution < 1.29 is 23.4 Å². The van der Waals surface area contributed by atoms with Crippen LogP contribution in [0, 0.1) is 6.92 Å². The van der Waals surface area contributed by atoms with E-state index < -0.39 is 23.9 Å². The van der Waals surface area contributed by atoms with E-state index in [0.29, 0.717) is 22.4 Å². The number of nitrogens with two attached hydrogens (primary N) is 1. The minimum atomic E-state index is -3.54. The summed E-state index contributed by atoms with van der Waals surface area (Å²) in [7, 11) is 0. The predicted octanol–water partition coefficient (Wildman–Crippen LogP) is 2.90. The van der Waals surface area contributed by atoms with E-state index >= 15 is 0 Å². The molecule has 0 fully saturated rings. The Labute approximate surface area is 156 Å². The summed E-state index contributed by atoms with van der Waals surface area (Å²) in [6, 6.07) is 3.70. The molecule has 0 saturated carbocycles. The summed E-state index contributed by atoms with van der Waals surface area (Å²) in [5.41, 5.74) is 4.27. The molecule has 3 rings (SSSR count). The van der Waals surface area contributed by atoms with Crippen molar-refractivity contribution >= 4 is 17.4 Å². The first-order chi connectivity index (χ1) is 12.7. The number of aliphatic hydroxyl groups excluding tert-OH is 1. The van der Waals surface area contributed by atoms with Crippen LogP contribution in [-0.2, 0) is 5.60 Å². The second kappa shape index (κ2) is 7.22. The van der Waals surface area contributed by atoms with Crippen LogP contribution in [0.2, 0.25) is 0 Å². The van der Waals surface area contributed by atoms with Gasteiger partial charge in [-0.25, -0.2) is 27.5 Å². The van der Waals surface area contributed by atoms with Crippen LogP contribution in [0.15, 0.2) is 36.0 Å². The molecule has 0 radical (unpaired) electrons. The number of nitrogens with zero attached hydrogens (tertiary/aromatic N) is 3. The Kier molecular flexibility index (Phi) is 5.13. The number of aryl methyl sites for hydroxylation is 1. The van der Waals surface area contributed by atoms with Crippen LogP contribution in [0.4, 0.5) is 19.0 Å². The lowest BCUT2D eigenvalue weighted by molar-refractivity contribution is -0.211. The first kappa shape index (κ1) is 19.2. The summed E-state index contributed by atoms with van der Waals surface area (Å²) in [5.74, 6) is 0.163. The Bertz CT molecular complexity index is 943. The number of anilines is 1. The summed E-state index contributed by atoms with van der Waals surface area (Å²) in [5, 5.41) is 20.8. The normalized spacial score (nSPS) is 14.9. The van der Waals surface area contributed by atoms with E-state index in [2.05, 4.69) is 14.3 Å². The van der Waals surface area contributed by atoms with Gasteiger partial charge < -0.3 is 15.9 Å². The Morgan fingerprint density at radius 1 is 1.22 bits per heavy atom. The maximum Gasteiger partial charge on any atom is 0.276 e. The van der Waals surface area contributed by atoms with E-state index in [1.165, 1.54) is 23.8 Å². The monoisotopic (exact) mass is 396 g/mol. The van der Waals surface area contributed by atoms with Gasteiger partial charge in [-0.3, -0.25) is 0 Å². The van der Waals surface area contributed by atoms with E-state index in [0.717, 1.165) is 12.1 Å². The standard InChI is InChI=1S/C17H15F3N4O2S/c1-8-2-3-10(17(26,15(18)19)16(20)25)4-11(8)12-6-22-14(21)13(24-12)9-5-23-27-7-9/h2-7,15-16,25-26H,1H3,(H2,21,22). The van der Waals surface area contributed by atoms with Crippen molar-refractivity contribution in [2.45, 2.75) is 25.3 Å². The molecular formula is C17H15F3N4O2S. The number of aromatic nitrogens is 3. The number of hydrogen-bond acceptors (Lipinski definition) is 7. The molecule has 2 unspecified atom stereocenters. The van der Waals surface area contributed by atoms with Gasteiger partial charge in [0, 0.05) is 16.5 Å². The highest BCUT2D eigenvalue weighted by Crippen LogP contribution is 2.36. The van der Waals surface area contributed by atoms with Crippen molar-refractivity contribution in [3.63, 3.8) is 0 Å². The molecule has 142 valence electrons. The van der Waals surface area contributed by atoms with Gasteiger partial charge >= 0.3 is 0 Å². The zero-order chi connectivity index (χ0) is 19.8. The molecule has 0 aliphatic rings. The van der Waals surface area contributed by atoms with Gasteiger partial charge in [0.1, 0.15) is 11.5 Å². The van der Waals surface area contributed by atoms with Gasteiger partial charge in [-0.1, -0.05) is 12.1 Å². The molecule has 0 bridgehead atoms. The zero-order valence-electron chi connectivity index (χ0n) is 14.0. The molecule has 1 aromatic carbocycles. The molecule has 2 heterocycles. The highest BCUT2D eigenvalue weighted by Gasteiger charge is 2.47. The topological polar surface area (TPSA) is 105 Å². The molecule has 27 heavy (non-hydrogen) atoms. The molecule has 4 N–H and O–H groups in total. The average Bonchev–Trinajstić information content (AvgIpc) is 3.16. The molecule has 2 atom stereocenters. The number of benzene rings is 1. The summed E-state index contributed by atoms with van der Waals surface area (Å²) in [4.78, 5) is 8.49. The number of aliphatic hydroxyl groups is 2. The molecule has 0 amide bonds. The molecule has 0 saturated heterocycles. The first-order valence-corrected chi connectivity index (χ1v) is 8.55. The molecule has 0 spiro atoms. The summed E-state index contributed by atoms with van der Waals surface area (Å²) in [6.07, 6.45) is -3.80. The molecule has 2 aromatic heterocycles. The largest absolute Gasteiger partial charge is 0.382 e. The third-order valence-corrected chi connectivity index (χ3v) is 4.76. The van der Waals surface area contributed by atoms with Crippen LogP contribution in [-0.4, -0.2) is 37.3 Å². The molecule has 6 nitrogen and oxygen atoms in total. The fourth-order valence-electron chi connectivity index (χ4n) is 2.58. The van der Waals surface area contributed by atoms with Crippen molar-refractivity contribution in [1.29, 1.82) is 0 Å². The maximum atomic E-state index is 13.4. The maximum absolute atomic E-state index is 13.4. The van der Waals surface area contributed by atoms with Gasteiger partial charge in [-0.05, 0) is 35.6 Å². The lowest BCUT2D eigenvalue weighted by Gasteiger charge is -2.28. The SMILES string of the molecule is Cc1ccc(C(O)(C(O)F)C(F)F)cc1-c1cnc(N)c(-c2cnsc2)n1. The Morgan fingerprint density at radius 3 is 2.56 bits per heavy atom. The van der Waals surface area contributed by atoms with Crippen LogP contribution in [0.25, 0.3) is 22.5 Å². The second-order valence-corrected chi connectivity index (χ2v) is 6.55. The van der Waals surface area contributed by atoms with Gasteiger partial charge in [0.25, 0.3) is 6.43 Å². The number of rotatable bonds is 5. The van der Waals surface area contributed by atoms with Crippen molar-refractivity contribution in [1.82, 2.24) is 14.3 Å². The molecular weight excluding hydrogens is 381 g/mol. The highest BCUT2D eigenvalue weighted by molar-refractivity contribution is 7.03. The third kappa shape index (κ3) is 3.38. The fraction of sp³-hybridized carbons (Fsp3) is 0.235. The van der Waals surface area contributed by atoms with Crippen LogP contribution in [0.5, 0.6) is 0 Å². The smallest absolute Gasteiger partial charge is 0.276 e. The fourth-order valence-corrected chi connectivity index (χ4v) is 3.10. The number of alkyl halides is 3.